The minimum atomic E-state index is -3.88. The van der Waals surface area contributed by atoms with Gasteiger partial charge >= 0.3 is 0 Å². The van der Waals surface area contributed by atoms with Crippen LogP contribution in [0.5, 0.6) is 11.5 Å². The lowest BCUT2D eigenvalue weighted by Gasteiger charge is -2.30. The zero-order valence-corrected chi connectivity index (χ0v) is 23.1. The Bertz CT molecular complexity index is 1300. The minimum Gasteiger partial charge on any atom is -0.497 e. The van der Waals surface area contributed by atoms with Crippen LogP contribution in [0.4, 0.5) is 4.39 Å². The summed E-state index contributed by atoms with van der Waals surface area (Å²) in [7, 11) is -0.760. The molecule has 1 aliphatic rings. The van der Waals surface area contributed by atoms with Gasteiger partial charge in [-0.1, -0.05) is 44.0 Å². The van der Waals surface area contributed by atoms with Crippen LogP contribution in [-0.4, -0.2) is 33.0 Å². The van der Waals surface area contributed by atoms with Gasteiger partial charge in [0.2, 0.25) is 10.0 Å². The Hall–Kier alpha value is -2.42. The van der Waals surface area contributed by atoms with Crippen molar-refractivity contribution in [3.05, 3.63) is 87.6 Å². The zero-order valence-electron chi connectivity index (χ0n) is 20.7. The molecular weight excluding hydrogens is 545 g/mol. The van der Waals surface area contributed by atoms with E-state index in [1.54, 1.807) is 29.6 Å². The summed E-state index contributed by atoms with van der Waals surface area (Å²) in [4.78, 5) is 0.226. The number of hydrogen-bond donors (Lipinski definition) is 0. The van der Waals surface area contributed by atoms with Gasteiger partial charge in [0.05, 0.1) is 23.6 Å². The van der Waals surface area contributed by atoms with Gasteiger partial charge < -0.3 is 9.47 Å². The number of hydrogen-bond acceptors (Lipinski definition) is 4. The number of halogens is 2. The maximum atomic E-state index is 14.3. The van der Waals surface area contributed by atoms with Crippen LogP contribution in [0.1, 0.15) is 55.2 Å². The molecule has 3 aromatic rings. The Kier molecular flexibility index (Phi) is 8.37. The molecule has 0 aromatic heterocycles. The van der Waals surface area contributed by atoms with E-state index in [0.29, 0.717) is 22.2 Å². The molecule has 2 atom stereocenters. The molecule has 192 valence electrons. The summed E-state index contributed by atoms with van der Waals surface area (Å²) in [6, 6.07) is 17.1. The maximum absolute atomic E-state index is 14.3. The van der Waals surface area contributed by atoms with Crippen molar-refractivity contribution < 1.29 is 22.3 Å². The molecule has 3 aromatic carbocycles. The van der Waals surface area contributed by atoms with Crippen LogP contribution in [0, 0.1) is 5.82 Å². The first-order chi connectivity index (χ1) is 17.3. The Balaban J connectivity index is 1.89. The first kappa shape index (κ1) is 26.6. The van der Waals surface area contributed by atoms with Gasteiger partial charge in [0.15, 0.2) is 0 Å². The van der Waals surface area contributed by atoms with Crippen molar-refractivity contribution >= 4 is 26.0 Å². The number of unbranched alkanes of at least 4 members (excludes halogenated alkanes) is 1. The third-order valence-electron chi connectivity index (χ3n) is 6.82. The van der Waals surface area contributed by atoms with Crippen LogP contribution in [0.25, 0.3) is 0 Å². The molecule has 0 fully saturated rings. The standard InChI is InChI=1S/C28H31BrFNO4S/c1-4-5-6-22-15-24(20-9-11-21(30)12-10-20)25-16-26(29)27(35-3)17-28(25)36(32,33)31(22)18-19-7-13-23(34-2)14-8-19/h7-14,16-17,22,24H,4-6,15,18H2,1-3H3. The fourth-order valence-corrected chi connectivity index (χ4v) is 7.31. The van der Waals surface area contributed by atoms with E-state index in [9.17, 15) is 12.8 Å². The number of benzene rings is 3. The third-order valence-corrected chi connectivity index (χ3v) is 9.40. The van der Waals surface area contributed by atoms with Crippen LogP contribution in [0.2, 0.25) is 0 Å². The van der Waals surface area contributed by atoms with Gasteiger partial charge in [-0.3, -0.25) is 0 Å². The quantitative estimate of drug-likeness (QED) is 0.293. The van der Waals surface area contributed by atoms with Crippen LogP contribution in [0.3, 0.4) is 0 Å². The molecule has 0 amide bonds. The van der Waals surface area contributed by atoms with Gasteiger partial charge in [0, 0.05) is 24.6 Å². The molecule has 0 spiro atoms. The molecule has 4 rings (SSSR count). The van der Waals surface area contributed by atoms with Crippen molar-refractivity contribution in [3.63, 3.8) is 0 Å². The van der Waals surface area contributed by atoms with E-state index >= 15 is 0 Å². The molecule has 0 saturated carbocycles. The minimum absolute atomic E-state index is 0.222. The van der Waals surface area contributed by atoms with Gasteiger partial charge in [-0.05, 0) is 75.8 Å². The molecule has 36 heavy (non-hydrogen) atoms. The summed E-state index contributed by atoms with van der Waals surface area (Å²) in [5.41, 5.74) is 2.46. The molecule has 5 nitrogen and oxygen atoms in total. The lowest BCUT2D eigenvalue weighted by atomic mass is 9.84. The maximum Gasteiger partial charge on any atom is 0.244 e. The van der Waals surface area contributed by atoms with E-state index in [1.165, 1.54) is 19.2 Å². The van der Waals surface area contributed by atoms with Crippen molar-refractivity contribution in [1.29, 1.82) is 0 Å². The Labute approximate surface area is 221 Å². The van der Waals surface area contributed by atoms with E-state index in [2.05, 4.69) is 22.9 Å². The topological polar surface area (TPSA) is 55.8 Å². The van der Waals surface area contributed by atoms with Crippen molar-refractivity contribution in [3.8, 4) is 11.5 Å². The van der Waals surface area contributed by atoms with Gasteiger partial charge in [-0.25, -0.2) is 12.8 Å². The average Bonchev–Trinajstić information content (AvgIpc) is 2.96. The SMILES string of the molecule is CCCCC1CC(c2ccc(F)cc2)c2cc(Br)c(OC)cc2S(=O)(=O)N1Cc1ccc(OC)cc1. The van der Waals surface area contributed by atoms with E-state index < -0.39 is 10.0 Å². The molecule has 2 unspecified atom stereocenters. The predicted molar refractivity (Wildman–Crippen MR) is 143 cm³/mol. The summed E-state index contributed by atoms with van der Waals surface area (Å²) in [5, 5.41) is 0. The third kappa shape index (κ3) is 5.45. The monoisotopic (exact) mass is 575 g/mol. The fourth-order valence-electron chi connectivity index (χ4n) is 4.88. The highest BCUT2D eigenvalue weighted by Gasteiger charge is 2.40. The van der Waals surface area contributed by atoms with E-state index in [-0.39, 0.29) is 29.2 Å². The summed E-state index contributed by atoms with van der Waals surface area (Å²) in [5.74, 6) is 0.628. The smallest absolute Gasteiger partial charge is 0.244 e. The molecule has 0 radical (unpaired) electrons. The number of rotatable bonds is 8. The second-order valence-corrected chi connectivity index (χ2v) is 11.8. The zero-order chi connectivity index (χ0) is 25.9. The first-order valence-corrected chi connectivity index (χ1v) is 14.3. The van der Waals surface area contributed by atoms with Crippen molar-refractivity contribution in [2.24, 2.45) is 0 Å². The number of nitrogens with zero attached hydrogens (tertiary/aromatic N) is 1. The largest absolute Gasteiger partial charge is 0.497 e. The average molecular weight is 577 g/mol. The Morgan fingerprint density at radius 3 is 2.33 bits per heavy atom. The van der Waals surface area contributed by atoms with Crippen molar-refractivity contribution in [2.75, 3.05) is 14.2 Å². The molecule has 8 heteroatoms. The lowest BCUT2D eigenvalue weighted by Crippen LogP contribution is -2.39. The molecule has 0 saturated heterocycles. The highest BCUT2D eigenvalue weighted by molar-refractivity contribution is 9.10. The number of methoxy groups -OCH3 is 2. The van der Waals surface area contributed by atoms with Gasteiger partial charge in [-0.15, -0.1) is 0 Å². The molecule has 0 aliphatic carbocycles. The normalized spacial score (nSPS) is 19.4. The molecule has 1 aliphatic heterocycles. The molecular formula is C28H31BrFNO4S. The number of sulfonamides is 1. The predicted octanol–water partition coefficient (Wildman–Crippen LogP) is 6.89. The highest BCUT2D eigenvalue weighted by Crippen LogP contribution is 2.45. The van der Waals surface area contributed by atoms with Crippen LogP contribution >= 0.6 is 15.9 Å². The van der Waals surface area contributed by atoms with Gasteiger partial charge in [0.1, 0.15) is 17.3 Å². The summed E-state index contributed by atoms with van der Waals surface area (Å²) in [6.45, 7) is 2.35. The Morgan fingerprint density at radius 2 is 1.72 bits per heavy atom. The van der Waals surface area contributed by atoms with Crippen LogP contribution in [0.15, 0.2) is 70.0 Å². The Morgan fingerprint density at radius 1 is 1.03 bits per heavy atom. The summed E-state index contributed by atoms with van der Waals surface area (Å²) >= 11 is 3.54. The van der Waals surface area contributed by atoms with E-state index in [0.717, 1.165) is 36.1 Å². The van der Waals surface area contributed by atoms with Gasteiger partial charge in [0.25, 0.3) is 0 Å². The molecule has 0 bridgehead atoms. The fraction of sp³-hybridized carbons (Fsp3) is 0.357. The lowest BCUT2D eigenvalue weighted by molar-refractivity contribution is 0.276. The van der Waals surface area contributed by atoms with Crippen LogP contribution < -0.4 is 9.47 Å². The van der Waals surface area contributed by atoms with Crippen LogP contribution in [-0.2, 0) is 16.6 Å². The van der Waals surface area contributed by atoms with Gasteiger partial charge in [-0.2, -0.15) is 4.31 Å². The second-order valence-electron chi connectivity index (χ2n) is 9.06. The second kappa shape index (κ2) is 11.3. The van der Waals surface area contributed by atoms with Crippen molar-refractivity contribution in [1.82, 2.24) is 4.31 Å². The number of fused-ring (bicyclic) bond motifs is 1. The van der Waals surface area contributed by atoms with E-state index in [4.69, 9.17) is 9.47 Å². The molecule has 1 heterocycles. The highest BCUT2D eigenvalue weighted by atomic mass is 79.9. The van der Waals surface area contributed by atoms with E-state index in [1.807, 2.05) is 30.3 Å². The first-order valence-electron chi connectivity index (χ1n) is 12.1. The number of ether oxygens (including phenoxy) is 2. The summed E-state index contributed by atoms with van der Waals surface area (Å²) in [6.07, 6.45) is 3.18. The summed E-state index contributed by atoms with van der Waals surface area (Å²) < 4.78 is 55.5. The van der Waals surface area contributed by atoms with Crippen molar-refractivity contribution in [2.45, 2.75) is 56.0 Å². The molecule has 0 N–H and O–H groups in total.